The highest BCUT2D eigenvalue weighted by molar-refractivity contribution is 5.95. The molecule has 1 amide bonds. The zero-order valence-corrected chi connectivity index (χ0v) is 23.5. The fourth-order valence-electron chi connectivity index (χ4n) is 5.50. The molecule has 2 aromatic carbocycles. The Bertz CT molecular complexity index is 1240. The topological polar surface area (TPSA) is 36.0 Å². The molecule has 43 heavy (non-hydrogen) atoms. The highest BCUT2D eigenvalue weighted by Crippen LogP contribution is 2.37. The van der Waals surface area contributed by atoms with Crippen molar-refractivity contribution in [2.75, 3.05) is 52.4 Å². The van der Waals surface area contributed by atoms with Crippen molar-refractivity contribution < 1.29 is 49.0 Å². The van der Waals surface area contributed by atoms with Gasteiger partial charge in [0.05, 0.1) is 28.9 Å². The smallest absolute Gasteiger partial charge is 0.373 e. The summed E-state index contributed by atoms with van der Waals surface area (Å²) in [6, 6.07) is 4.34. The first kappa shape index (κ1) is 33.1. The summed E-state index contributed by atoms with van der Waals surface area (Å²) in [7, 11) is 0. The van der Waals surface area contributed by atoms with Crippen LogP contribution in [-0.4, -0.2) is 84.7 Å². The number of nitrogens with zero attached hydrogens (tertiary/aromatic N) is 3. The summed E-state index contributed by atoms with van der Waals surface area (Å²) in [5, 5.41) is 0. The molecule has 14 heteroatoms. The number of piperazine rings is 1. The third-order valence-electron chi connectivity index (χ3n) is 7.65. The Kier molecular flexibility index (Phi) is 9.44. The molecule has 5 nitrogen and oxygen atoms in total. The van der Waals surface area contributed by atoms with E-state index in [0.29, 0.717) is 57.0 Å². The molecule has 0 saturated carbocycles. The molecule has 2 saturated heterocycles. The lowest BCUT2D eigenvalue weighted by Crippen LogP contribution is -2.57. The summed E-state index contributed by atoms with van der Waals surface area (Å²) in [5.41, 5.74) is -4.72. The highest BCUT2D eigenvalue weighted by Gasteiger charge is 2.39. The van der Waals surface area contributed by atoms with E-state index >= 15 is 0 Å². The largest absolute Gasteiger partial charge is 0.416 e. The predicted octanol–water partition coefficient (Wildman–Crippen LogP) is 6.22. The quantitative estimate of drug-likeness (QED) is 0.357. The minimum absolute atomic E-state index is 0.0103. The number of alkyl halides is 9. The Labute approximate surface area is 243 Å². The van der Waals surface area contributed by atoms with E-state index in [4.69, 9.17) is 4.74 Å². The van der Waals surface area contributed by atoms with Crippen molar-refractivity contribution in [2.45, 2.75) is 50.4 Å². The Morgan fingerprint density at radius 2 is 1.35 bits per heavy atom. The molecule has 2 aliphatic heterocycles. The lowest BCUT2D eigenvalue weighted by atomic mass is 9.98. The van der Waals surface area contributed by atoms with Gasteiger partial charge in [-0.1, -0.05) is 12.1 Å². The highest BCUT2D eigenvalue weighted by atomic mass is 19.4. The number of hydrogen-bond donors (Lipinski definition) is 0. The lowest BCUT2D eigenvalue weighted by Gasteiger charge is -2.43. The third-order valence-corrected chi connectivity index (χ3v) is 7.65. The Morgan fingerprint density at radius 3 is 1.88 bits per heavy atom. The number of hydrogen-bond acceptors (Lipinski definition) is 4. The second kappa shape index (κ2) is 12.3. The number of carbonyl (C=O) groups is 1. The van der Waals surface area contributed by atoms with E-state index < -0.39 is 52.7 Å². The number of halogens is 9. The second-order valence-corrected chi connectivity index (χ2v) is 11.5. The van der Waals surface area contributed by atoms with Crippen LogP contribution in [0.1, 0.15) is 46.5 Å². The molecule has 2 heterocycles. The number of amides is 1. The van der Waals surface area contributed by atoms with Crippen molar-refractivity contribution in [2.24, 2.45) is 0 Å². The molecule has 0 bridgehead atoms. The normalized spacial score (nSPS) is 20.8. The first-order valence-corrected chi connectivity index (χ1v) is 13.7. The molecule has 2 aliphatic rings. The number of benzene rings is 2. The van der Waals surface area contributed by atoms with Crippen LogP contribution < -0.4 is 0 Å². The van der Waals surface area contributed by atoms with Crippen LogP contribution in [0.3, 0.4) is 0 Å². The van der Waals surface area contributed by atoms with E-state index in [1.165, 1.54) is 17.0 Å². The van der Waals surface area contributed by atoms with E-state index in [9.17, 15) is 44.3 Å². The summed E-state index contributed by atoms with van der Waals surface area (Å²) < 4.78 is 126. The summed E-state index contributed by atoms with van der Waals surface area (Å²) in [6.45, 7) is 7.70. The van der Waals surface area contributed by atoms with E-state index in [1.54, 1.807) is 0 Å². The molecule has 2 fully saturated rings. The number of rotatable bonds is 6. The fraction of sp³-hybridized carbons (Fsp3) is 0.552. The van der Waals surface area contributed by atoms with Crippen molar-refractivity contribution in [3.63, 3.8) is 0 Å². The minimum Gasteiger partial charge on any atom is -0.373 e. The van der Waals surface area contributed by atoms with E-state index in [2.05, 4.69) is 4.90 Å². The molecule has 0 aromatic heterocycles. The van der Waals surface area contributed by atoms with Crippen molar-refractivity contribution in [1.29, 1.82) is 0 Å². The van der Waals surface area contributed by atoms with Gasteiger partial charge in [0.15, 0.2) is 0 Å². The summed E-state index contributed by atoms with van der Waals surface area (Å²) >= 11 is 0. The standard InChI is InChI=1S/C29H32F9N3O2/c1-26(2)18-40(11-12-43-26)8-7-39-9-10-41(24(17-39)13-19-3-5-21(6-4-19)27(30,31)32)25(42)20-14-22(28(33,34)35)16-23(15-20)29(36,37)38/h3-6,14-16,24H,7-13,17-18H2,1-2H3. The average molecular weight is 626 g/mol. The monoisotopic (exact) mass is 625 g/mol. The van der Waals surface area contributed by atoms with Crippen LogP contribution in [0.15, 0.2) is 42.5 Å². The Balaban J connectivity index is 1.59. The van der Waals surface area contributed by atoms with Crippen LogP contribution in [-0.2, 0) is 29.7 Å². The first-order valence-electron chi connectivity index (χ1n) is 13.7. The Morgan fingerprint density at radius 1 is 0.791 bits per heavy atom. The first-order chi connectivity index (χ1) is 19.8. The average Bonchev–Trinajstić information content (AvgIpc) is 2.90. The van der Waals surface area contributed by atoms with Crippen LogP contribution in [0, 0.1) is 0 Å². The lowest BCUT2D eigenvalue weighted by molar-refractivity contribution is -0.143. The van der Waals surface area contributed by atoms with Crippen LogP contribution >= 0.6 is 0 Å². The van der Waals surface area contributed by atoms with Gasteiger partial charge in [-0.3, -0.25) is 14.6 Å². The van der Waals surface area contributed by atoms with Gasteiger partial charge >= 0.3 is 18.5 Å². The minimum atomic E-state index is -5.12. The predicted molar refractivity (Wildman–Crippen MR) is 139 cm³/mol. The molecule has 238 valence electrons. The third kappa shape index (κ3) is 8.63. The molecular weight excluding hydrogens is 593 g/mol. The number of ether oxygens (including phenoxy) is 1. The van der Waals surface area contributed by atoms with E-state index in [-0.39, 0.29) is 31.2 Å². The maximum atomic E-state index is 13.5. The van der Waals surface area contributed by atoms with Crippen LogP contribution in [0.4, 0.5) is 39.5 Å². The molecule has 1 atom stereocenters. The van der Waals surface area contributed by atoms with Gasteiger partial charge in [-0.2, -0.15) is 39.5 Å². The Hall–Kier alpha value is -2.84. The molecule has 0 spiro atoms. The SMILES string of the molecule is CC1(C)CN(CCN2CCN(C(=O)c3cc(C(F)(F)F)cc(C(F)(F)F)c3)C(Cc3ccc(C(F)(F)F)cc3)C2)CCO1. The van der Waals surface area contributed by atoms with Gasteiger partial charge in [-0.05, 0) is 56.2 Å². The van der Waals surface area contributed by atoms with Gasteiger partial charge in [-0.25, -0.2) is 0 Å². The van der Waals surface area contributed by atoms with Crippen molar-refractivity contribution in [3.05, 3.63) is 70.3 Å². The maximum absolute atomic E-state index is 13.5. The van der Waals surface area contributed by atoms with Crippen molar-refractivity contribution in [3.8, 4) is 0 Å². The van der Waals surface area contributed by atoms with Crippen LogP contribution in [0.2, 0.25) is 0 Å². The van der Waals surface area contributed by atoms with Gasteiger partial charge in [0.1, 0.15) is 0 Å². The fourth-order valence-corrected chi connectivity index (χ4v) is 5.50. The number of carbonyl (C=O) groups excluding carboxylic acids is 1. The molecule has 0 radical (unpaired) electrons. The summed E-state index contributed by atoms with van der Waals surface area (Å²) in [6.07, 6.45) is -14.8. The van der Waals surface area contributed by atoms with E-state index in [0.717, 1.165) is 12.1 Å². The van der Waals surface area contributed by atoms with Gasteiger partial charge in [-0.15, -0.1) is 0 Å². The van der Waals surface area contributed by atoms with Gasteiger partial charge in [0.2, 0.25) is 0 Å². The number of morpholine rings is 1. The van der Waals surface area contributed by atoms with E-state index in [1.807, 2.05) is 18.7 Å². The molecule has 2 aromatic rings. The molecular formula is C29H32F9N3O2. The van der Waals surface area contributed by atoms with Crippen molar-refractivity contribution >= 4 is 5.91 Å². The van der Waals surface area contributed by atoms with Crippen molar-refractivity contribution in [1.82, 2.24) is 14.7 Å². The van der Waals surface area contributed by atoms with Gasteiger partial charge < -0.3 is 9.64 Å². The zero-order chi connectivity index (χ0) is 31.8. The summed E-state index contributed by atoms with van der Waals surface area (Å²) in [4.78, 5) is 19.0. The second-order valence-electron chi connectivity index (χ2n) is 11.5. The van der Waals surface area contributed by atoms with Crippen LogP contribution in [0.25, 0.3) is 0 Å². The molecule has 1 unspecified atom stereocenters. The zero-order valence-electron chi connectivity index (χ0n) is 23.5. The maximum Gasteiger partial charge on any atom is 0.416 e. The molecule has 0 aliphatic carbocycles. The van der Waals surface area contributed by atoms with Gasteiger partial charge in [0, 0.05) is 57.4 Å². The van der Waals surface area contributed by atoms with Crippen LogP contribution in [0.5, 0.6) is 0 Å². The van der Waals surface area contributed by atoms with Gasteiger partial charge in [0.25, 0.3) is 5.91 Å². The molecule has 4 rings (SSSR count). The summed E-state index contributed by atoms with van der Waals surface area (Å²) in [5.74, 6) is -1.01. The molecule has 0 N–H and O–H groups in total.